The van der Waals surface area contributed by atoms with Gasteiger partial charge in [-0.05, 0) is 87.3 Å². The van der Waals surface area contributed by atoms with Crippen molar-refractivity contribution in [1.29, 1.82) is 0 Å². The third-order valence-corrected chi connectivity index (χ3v) is 8.00. The lowest BCUT2D eigenvalue weighted by Gasteiger charge is -2.56. The van der Waals surface area contributed by atoms with Gasteiger partial charge in [0.25, 0.3) is 11.5 Å². The summed E-state index contributed by atoms with van der Waals surface area (Å²) in [7, 11) is 0. The summed E-state index contributed by atoms with van der Waals surface area (Å²) in [6.07, 6.45) is 11.6. The number of aryl methyl sites for hydroxylation is 1. The molecule has 5 nitrogen and oxygen atoms in total. The molecule has 0 radical (unpaired) electrons. The fourth-order valence-electron chi connectivity index (χ4n) is 7.14. The van der Waals surface area contributed by atoms with E-state index >= 15 is 0 Å². The van der Waals surface area contributed by atoms with E-state index in [-0.39, 0.29) is 17.0 Å². The average Bonchev–Trinajstić information content (AvgIpc) is 2.92. The van der Waals surface area contributed by atoms with Gasteiger partial charge in [-0.1, -0.05) is 6.42 Å². The van der Waals surface area contributed by atoms with Crippen molar-refractivity contribution in [3.8, 4) is 0 Å². The zero-order valence-corrected chi connectivity index (χ0v) is 17.0. The lowest BCUT2D eigenvalue weighted by atomic mass is 9.53. The average molecular weight is 392 g/mol. The van der Waals surface area contributed by atoms with Crippen LogP contribution < -0.4 is 10.9 Å². The van der Waals surface area contributed by atoms with E-state index in [0.717, 1.165) is 75.1 Å². The van der Waals surface area contributed by atoms with Crippen molar-refractivity contribution in [1.82, 2.24) is 14.9 Å². The third kappa shape index (κ3) is 2.92. The molecule has 7 rings (SSSR count). The lowest BCUT2D eigenvalue weighted by molar-refractivity contribution is -0.0167. The Bertz CT molecular complexity index is 1020. The second-order valence-electron chi connectivity index (χ2n) is 10.2. The Labute approximate surface area is 170 Å². The Morgan fingerprint density at radius 3 is 2.48 bits per heavy atom. The van der Waals surface area contributed by atoms with Gasteiger partial charge in [0.1, 0.15) is 5.82 Å². The predicted octanol–water partition coefficient (Wildman–Crippen LogP) is 3.82. The Kier molecular flexibility index (Phi) is 3.91. The number of nitrogens with one attached hydrogen (secondary N) is 1. The first-order chi connectivity index (χ1) is 14.1. The van der Waals surface area contributed by atoms with Gasteiger partial charge in [0, 0.05) is 24.1 Å². The molecule has 1 aromatic heterocycles. The van der Waals surface area contributed by atoms with Gasteiger partial charge in [0.05, 0.1) is 10.9 Å². The first kappa shape index (κ1) is 17.7. The minimum atomic E-state index is 0.00152. The molecular weight excluding hydrogens is 362 g/mol. The molecular formula is C24H29N3O2. The highest BCUT2D eigenvalue weighted by Gasteiger charge is 2.51. The van der Waals surface area contributed by atoms with Crippen LogP contribution in [-0.2, 0) is 13.0 Å². The Balaban J connectivity index is 1.32. The molecule has 4 bridgehead atoms. The standard InChI is InChI=1S/C24H29N3O2/c28-22(26-24-12-15-8-16(13-24)10-17(9-15)14-24)18-5-6-19-20(11-18)25-21-4-2-1-3-7-27(21)23(19)29/h5-6,11,15-17H,1-4,7-10,12-14H2,(H,26,28). The first-order valence-electron chi connectivity index (χ1n) is 11.4. The molecule has 1 aromatic carbocycles. The van der Waals surface area contributed by atoms with Gasteiger partial charge in [0.15, 0.2) is 0 Å². The van der Waals surface area contributed by atoms with Gasteiger partial charge >= 0.3 is 0 Å². The number of hydrogen-bond donors (Lipinski definition) is 1. The number of fused-ring (bicyclic) bond motifs is 2. The Morgan fingerprint density at radius 1 is 1.03 bits per heavy atom. The molecule has 1 aliphatic heterocycles. The second kappa shape index (κ2) is 6.41. The normalized spacial score (nSPS) is 32.8. The Hall–Kier alpha value is -2.17. The van der Waals surface area contributed by atoms with E-state index in [1.165, 1.54) is 19.3 Å². The fourth-order valence-corrected chi connectivity index (χ4v) is 7.14. The topological polar surface area (TPSA) is 64.0 Å². The number of carbonyl (C=O) groups is 1. The summed E-state index contributed by atoms with van der Waals surface area (Å²) >= 11 is 0. The zero-order valence-electron chi connectivity index (χ0n) is 17.0. The molecule has 5 aliphatic rings. The van der Waals surface area contributed by atoms with Crippen LogP contribution >= 0.6 is 0 Å². The molecule has 5 heteroatoms. The van der Waals surface area contributed by atoms with Crippen LogP contribution in [0.4, 0.5) is 0 Å². The summed E-state index contributed by atoms with van der Waals surface area (Å²) < 4.78 is 1.84. The molecule has 29 heavy (non-hydrogen) atoms. The van der Waals surface area contributed by atoms with Crippen LogP contribution in [-0.4, -0.2) is 21.0 Å². The van der Waals surface area contributed by atoms with Gasteiger partial charge in [-0.15, -0.1) is 0 Å². The van der Waals surface area contributed by atoms with Crippen LogP contribution in [0.15, 0.2) is 23.0 Å². The van der Waals surface area contributed by atoms with Gasteiger partial charge in [0.2, 0.25) is 0 Å². The van der Waals surface area contributed by atoms with Crippen molar-refractivity contribution in [3.05, 3.63) is 39.9 Å². The molecule has 4 fully saturated rings. The number of benzene rings is 1. The SMILES string of the molecule is O=C(NC12CC3CC(CC(C3)C1)C2)c1ccc2c(=O)n3c(nc2c1)CCCCC3. The molecule has 0 saturated heterocycles. The first-order valence-corrected chi connectivity index (χ1v) is 11.4. The summed E-state index contributed by atoms with van der Waals surface area (Å²) in [5.41, 5.74) is 1.35. The molecule has 152 valence electrons. The van der Waals surface area contributed by atoms with Crippen molar-refractivity contribution in [3.63, 3.8) is 0 Å². The number of hydrogen-bond acceptors (Lipinski definition) is 3. The van der Waals surface area contributed by atoms with E-state index in [0.29, 0.717) is 16.5 Å². The van der Waals surface area contributed by atoms with E-state index in [4.69, 9.17) is 4.98 Å². The molecule has 0 spiro atoms. The number of nitrogens with zero attached hydrogens (tertiary/aromatic N) is 2. The summed E-state index contributed by atoms with van der Waals surface area (Å²) in [5.74, 6) is 3.28. The van der Waals surface area contributed by atoms with E-state index in [1.54, 1.807) is 6.07 Å². The molecule has 1 N–H and O–H groups in total. The third-order valence-electron chi connectivity index (χ3n) is 8.00. The fraction of sp³-hybridized carbons (Fsp3) is 0.625. The van der Waals surface area contributed by atoms with Gasteiger partial charge in [-0.3, -0.25) is 14.2 Å². The highest BCUT2D eigenvalue weighted by atomic mass is 16.2. The van der Waals surface area contributed by atoms with E-state index < -0.39 is 0 Å². The maximum Gasteiger partial charge on any atom is 0.261 e. The van der Waals surface area contributed by atoms with Crippen molar-refractivity contribution >= 4 is 16.8 Å². The van der Waals surface area contributed by atoms with Crippen LogP contribution in [0.2, 0.25) is 0 Å². The van der Waals surface area contributed by atoms with Crippen LogP contribution in [0.25, 0.3) is 10.9 Å². The highest BCUT2D eigenvalue weighted by molar-refractivity contribution is 5.98. The second-order valence-corrected chi connectivity index (χ2v) is 10.2. The smallest absolute Gasteiger partial charge is 0.261 e. The lowest BCUT2D eigenvalue weighted by Crippen LogP contribution is -2.59. The van der Waals surface area contributed by atoms with Crippen LogP contribution in [0.5, 0.6) is 0 Å². The number of amides is 1. The number of rotatable bonds is 2. The molecule has 2 heterocycles. The molecule has 1 amide bonds. The molecule has 2 aromatic rings. The largest absolute Gasteiger partial charge is 0.347 e. The Morgan fingerprint density at radius 2 is 1.76 bits per heavy atom. The summed E-state index contributed by atoms with van der Waals surface area (Å²) in [5, 5.41) is 4.07. The zero-order chi connectivity index (χ0) is 19.6. The van der Waals surface area contributed by atoms with E-state index in [9.17, 15) is 9.59 Å². The van der Waals surface area contributed by atoms with E-state index in [2.05, 4.69) is 5.32 Å². The van der Waals surface area contributed by atoms with Crippen molar-refractivity contribution in [2.75, 3.05) is 0 Å². The maximum absolute atomic E-state index is 13.2. The van der Waals surface area contributed by atoms with Crippen molar-refractivity contribution in [2.45, 2.75) is 76.3 Å². The predicted molar refractivity (Wildman–Crippen MR) is 112 cm³/mol. The van der Waals surface area contributed by atoms with Crippen LogP contribution in [0.1, 0.15) is 74.0 Å². The van der Waals surface area contributed by atoms with Gasteiger partial charge < -0.3 is 5.32 Å². The van der Waals surface area contributed by atoms with Crippen molar-refractivity contribution in [2.24, 2.45) is 17.8 Å². The number of aromatic nitrogens is 2. The van der Waals surface area contributed by atoms with E-state index in [1.807, 2.05) is 16.7 Å². The summed E-state index contributed by atoms with van der Waals surface area (Å²) in [6.45, 7) is 0.755. The number of carbonyl (C=O) groups excluding carboxylic acids is 1. The quantitative estimate of drug-likeness (QED) is 0.846. The minimum absolute atomic E-state index is 0.00152. The van der Waals surface area contributed by atoms with Crippen LogP contribution in [0, 0.1) is 17.8 Å². The molecule has 4 aliphatic carbocycles. The van der Waals surface area contributed by atoms with Crippen molar-refractivity contribution < 1.29 is 4.79 Å². The van der Waals surface area contributed by atoms with Gasteiger partial charge in [-0.25, -0.2) is 4.98 Å². The molecule has 0 atom stereocenters. The minimum Gasteiger partial charge on any atom is -0.347 e. The van der Waals surface area contributed by atoms with Gasteiger partial charge in [-0.2, -0.15) is 0 Å². The molecule has 0 unspecified atom stereocenters. The summed E-state index contributed by atoms with van der Waals surface area (Å²) in [6, 6.07) is 5.45. The van der Waals surface area contributed by atoms with Crippen LogP contribution in [0.3, 0.4) is 0 Å². The monoisotopic (exact) mass is 391 g/mol. The highest BCUT2D eigenvalue weighted by Crippen LogP contribution is 2.55. The maximum atomic E-state index is 13.2. The summed E-state index contributed by atoms with van der Waals surface area (Å²) in [4.78, 5) is 30.9. The molecule has 4 saturated carbocycles.